The van der Waals surface area contributed by atoms with Gasteiger partial charge in [0, 0.05) is 23.6 Å². The van der Waals surface area contributed by atoms with Crippen LogP contribution in [0.4, 0.5) is 5.69 Å². The number of amides is 1. The summed E-state index contributed by atoms with van der Waals surface area (Å²) in [5.41, 5.74) is 7.96. The molecule has 0 aliphatic heterocycles. The Labute approximate surface area is 115 Å². The van der Waals surface area contributed by atoms with Crippen LogP contribution in [0.2, 0.25) is 0 Å². The lowest BCUT2D eigenvalue weighted by molar-refractivity contribution is 0.102. The van der Waals surface area contributed by atoms with Crippen LogP contribution in [-0.4, -0.2) is 21.9 Å². The van der Waals surface area contributed by atoms with Gasteiger partial charge in [-0.05, 0) is 30.7 Å². The Kier molecular flexibility index (Phi) is 3.95. The molecular weight excluding hydrogens is 256 g/mol. The number of aryl methyl sites for hydroxylation is 1. The highest BCUT2D eigenvalue weighted by atomic mass is 16.4. The fraction of sp³-hybridized carbons (Fsp3) is 0.0714. The van der Waals surface area contributed by atoms with E-state index in [1.807, 2.05) is 6.92 Å². The van der Waals surface area contributed by atoms with Gasteiger partial charge in [0.2, 0.25) is 0 Å². The second-order valence-corrected chi connectivity index (χ2v) is 4.27. The molecule has 0 aliphatic rings. The predicted molar refractivity (Wildman–Crippen MR) is 75.9 cm³/mol. The number of carbonyl (C=O) groups is 1. The first-order valence-corrected chi connectivity index (χ1v) is 5.91. The average molecular weight is 270 g/mol. The maximum atomic E-state index is 12.1. The molecular formula is C14H14N4O2. The maximum Gasteiger partial charge on any atom is 0.257 e. The number of anilines is 1. The molecule has 2 rings (SSSR count). The molecule has 2 aromatic rings. The van der Waals surface area contributed by atoms with Crippen LogP contribution in [0.15, 0.2) is 47.9 Å². The smallest absolute Gasteiger partial charge is 0.257 e. The number of nitrogens with one attached hydrogen (secondary N) is 1. The maximum absolute atomic E-state index is 12.1. The van der Waals surface area contributed by atoms with Crippen LogP contribution in [-0.2, 0) is 0 Å². The van der Waals surface area contributed by atoms with Crippen LogP contribution in [0.25, 0.3) is 0 Å². The molecule has 0 bridgehead atoms. The van der Waals surface area contributed by atoms with Gasteiger partial charge in [-0.1, -0.05) is 17.3 Å². The molecule has 0 unspecified atom stereocenters. The Morgan fingerprint density at radius 3 is 2.80 bits per heavy atom. The number of nitrogens with two attached hydrogens (primary N) is 1. The zero-order chi connectivity index (χ0) is 14.5. The lowest BCUT2D eigenvalue weighted by Gasteiger charge is -2.07. The van der Waals surface area contributed by atoms with Gasteiger partial charge in [0.05, 0.1) is 5.56 Å². The highest BCUT2D eigenvalue weighted by Gasteiger charge is 2.08. The largest absolute Gasteiger partial charge is 0.409 e. The fourth-order valence-electron chi connectivity index (χ4n) is 1.70. The number of amidine groups is 1. The van der Waals surface area contributed by atoms with E-state index >= 15 is 0 Å². The molecule has 0 fully saturated rings. The topological polar surface area (TPSA) is 101 Å². The lowest BCUT2D eigenvalue weighted by Crippen LogP contribution is -2.15. The summed E-state index contributed by atoms with van der Waals surface area (Å²) in [6, 6.07) is 8.47. The molecule has 6 heteroatoms. The van der Waals surface area contributed by atoms with E-state index in [2.05, 4.69) is 15.5 Å². The first-order valence-electron chi connectivity index (χ1n) is 5.91. The van der Waals surface area contributed by atoms with Crippen molar-refractivity contribution in [3.63, 3.8) is 0 Å². The van der Waals surface area contributed by atoms with Crippen molar-refractivity contribution in [2.24, 2.45) is 10.9 Å². The second kappa shape index (κ2) is 5.83. The van der Waals surface area contributed by atoms with Gasteiger partial charge < -0.3 is 16.3 Å². The number of carbonyl (C=O) groups excluding carboxylic acids is 1. The monoisotopic (exact) mass is 270 g/mol. The molecule has 0 saturated heterocycles. The number of hydrogen-bond acceptors (Lipinski definition) is 4. The van der Waals surface area contributed by atoms with E-state index in [0.29, 0.717) is 16.8 Å². The fourth-order valence-corrected chi connectivity index (χ4v) is 1.70. The number of nitrogens with zero attached hydrogens (tertiary/aromatic N) is 2. The van der Waals surface area contributed by atoms with Gasteiger partial charge in [-0.15, -0.1) is 0 Å². The summed E-state index contributed by atoms with van der Waals surface area (Å²) >= 11 is 0. The summed E-state index contributed by atoms with van der Waals surface area (Å²) in [6.07, 6.45) is 3.17. The molecule has 0 aliphatic carbocycles. The summed E-state index contributed by atoms with van der Waals surface area (Å²) in [6.45, 7) is 1.86. The van der Waals surface area contributed by atoms with E-state index in [0.717, 1.165) is 5.56 Å². The van der Waals surface area contributed by atoms with Gasteiger partial charge in [0.15, 0.2) is 5.84 Å². The van der Waals surface area contributed by atoms with Crippen molar-refractivity contribution in [3.8, 4) is 0 Å². The summed E-state index contributed by atoms with van der Waals surface area (Å²) in [7, 11) is 0. The number of rotatable bonds is 3. The van der Waals surface area contributed by atoms with E-state index in [1.54, 1.807) is 36.5 Å². The van der Waals surface area contributed by atoms with Crippen LogP contribution >= 0.6 is 0 Å². The third kappa shape index (κ3) is 3.11. The second-order valence-electron chi connectivity index (χ2n) is 4.27. The molecule has 0 radical (unpaired) electrons. The van der Waals surface area contributed by atoms with E-state index in [9.17, 15) is 4.79 Å². The number of aromatic nitrogens is 1. The Balaban J connectivity index is 2.20. The van der Waals surface area contributed by atoms with E-state index in [1.165, 1.54) is 6.20 Å². The lowest BCUT2D eigenvalue weighted by atomic mass is 10.1. The SMILES string of the molecule is Cc1cncc(C(=O)Nc2cccc(C(N)=NO)c2)c1. The molecule has 1 amide bonds. The molecule has 1 aromatic heterocycles. The molecule has 0 saturated carbocycles. The minimum atomic E-state index is -0.266. The minimum Gasteiger partial charge on any atom is -0.409 e. The van der Waals surface area contributed by atoms with Crippen molar-refractivity contribution in [3.05, 3.63) is 59.4 Å². The van der Waals surface area contributed by atoms with Crippen LogP contribution in [0.1, 0.15) is 21.5 Å². The molecule has 1 aromatic carbocycles. The Hall–Kier alpha value is -2.89. The standard InChI is InChI=1S/C14H14N4O2/c1-9-5-11(8-16-7-9)14(19)17-12-4-2-3-10(6-12)13(15)18-20/h2-8,20H,1H3,(H2,15,18)(H,17,19). The van der Waals surface area contributed by atoms with Crippen molar-refractivity contribution < 1.29 is 10.0 Å². The summed E-state index contributed by atoms with van der Waals surface area (Å²) in [4.78, 5) is 16.0. The summed E-state index contributed by atoms with van der Waals surface area (Å²) in [5.74, 6) is -0.281. The van der Waals surface area contributed by atoms with Crippen LogP contribution in [0.5, 0.6) is 0 Å². The van der Waals surface area contributed by atoms with Crippen molar-refractivity contribution in [2.45, 2.75) is 6.92 Å². The van der Waals surface area contributed by atoms with Gasteiger partial charge in [0.1, 0.15) is 0 Å². The van der Waals surface area contributed by atoms with Gasteiger partial charge in [-0.2, -0.15) is 0 Å². The van der Waals surface area contributed by atoms with Crippen molar-refractivity contribution in [1.82, 2.24) is 4.98 Å². The number of oxime groups is 1. The molecule has 4 N–H and O–H groups in total. The Morgan fingerprint density at radius 1 is 1.30 bits per heavy atom. The van der Waals surface area contributed by atoms with Gasteiger partial charge >= 0.3 is 0 Å². The normalized spacial score (nSPS) is 11.2. The Bertz CT molecular complexity index is 668. The van der Waals surface area contributed by atoms with Gasteiger partial charge in [-0.3, -0.25) is 9.78 Å². The molecule has 102 valence electrons. The summed E-state index contributed by atoms with van der Waals surface area (Å²) < 4.78 is 0. The third-order valence-corrected chi connectivity index (χ3v) is 2.66. The molecule has 1 heterocycles. The van der Waals surface area contributed by atoms with E-state index < -0.39 is 0 Å². The van der Waals surface area contributed by atoms with E-state index in [-0.39, 0.29) is 11.7 Å². The van der Waals surface area contributed by atoms with E-state index in [4.69, 9.17) is 10.9 Å². The summed E-state index contributed by atoms with van der Waals surface area (Å²) in [5, 5.41) is 14.3. The van der Waals surface area contributed by atoms with Crippen LogP contribution < -0.4 is 11.1 Å². The average Bonchev–Trinajstić information content (AvgIpc) is 2.46. The highest BCUT2D eigenvalue weighted by Crippen LogP contribution is 2.12. The molecule has 20 heavy (non-hydrogen) atoms. The van der Waals surface area contributed by atoms with Crippen molar-refractivity contribution >= 4 is 17.4 Å². The van der Waals surface area contributed by atoms with Crippen LogP contribution in [0, 0.1) is 6.92 Å². The predicted octanol–water partition coefficient (Wildman–Crippen LogP) is 1.74. The number of pyridine rings is 1. The highest BCUT2D eigenvalue weighted by molar-refractivity contribution is 6.05. The van der Waals surface area contributed by atoms with Gasteiger partial charge in [-0.25, -0.2) is 0 Å². The number of hydrogen-bond donors (Lipinski definition) is 3. The zero-order valence-corrected chi connectivity index (χ0v) is 10.9. The Morgan fingerprint density at radius 2 is 2.10 bits per heavy atom. The molecule has 0 atom stereocenters. The zero-order valence-electron chi connectivity index (χ0n) is 10.9. The first-order chi connectivity index (χ1) is 9.60. The number of benzene rings is 1. The van der Waals surface area contributed by atoms with Gasteiger partial charge in [0.25, 0.3) is 5.91 Å². The molecule has 6 nitrogen and oxygen atoms in total. The minimum absolute atomic E-state index is 0.0154. The quantitative estimate of drug-likeness (QED) is 0.342. The van der Waals surface area contributed by atoms with Crippen molar-refractivity contribution in [2.75, 3.05) is 5.32 Å². The van der Waals surface area contributed by atoms with Crippen molar-refractivity contribution in [1.29, 1.82) is 0 Å². The third-order valence-electron chi connectivity index (χ3n) is 2.66. The van der Waals surface area contributed by atoms with Crippen LogP contribution in [0.3, 0.4) is 0 Å². The first kappa shape index (κ1) is 13.5. The molecule has 0 spiro atoms.